The zero-order valence-corrected chi connectivity index (χ0v) is 21.7. The fourth-order valence-corrected chi connectivity index (χ4v) is 10.9. The maximum Gasteiger partial charge on any atom is 0.314 e. The van der Waals surface area contributed by atoms with Gasteiger partial charge in [-0.2, -0.15) is 0 Å². The van der Waals surface area contributed by atoms with Gasteiger partial charge in [-0.1, -0.05) is 32.9 Å². The summed E-state index contributed by atoms with van der Waals surface area (Å²) in [6.45, 7) is 18.2. The van der Waals surface area contributed by atoms with Crippen LogP contribution < -0.4 is 0 Å². The lowest BCUT2D eigenvalue weighted by Crippen LogP contribution is -2.69. The molecule has 0 amide bonds. The van der Waals surface area contributed by atoms with E-state index in [0.29, 0.717) is 30.3 Å². The van der Waals surface area contributed by atoms with E-state index in [1.807, 2.05) is 13.8 Å². The van der Waals surface area contributed by atoms with Gasteiger partial charge in [-0.15, -0.1) is 0 Å². The van der Waals surface area contributed by atoms with E-state index in [1.54, 1.807) is 0 Å². The topological polar surface area (TPSA) is 66.8 Å². The summed E-state index contributed by atoms with van der Waals surface area (Å²) in [5.74, 6) is 1.79. The fraction of sp³-hybridized carbons (Fsp3) is 0.897. The Balaban J connectivity index is 1.58. The van der Waals surface area contributed by atoms with Crippen molar-refractivity contribution in [1.29, 1.82) is 0 Å². The Labute approximate surface area is 200 Å². The molecule has 4 heteroatoms. The van der Waals surface area contributed by atoms with Crippen molar-refractivity contribution < 1.29 is 19.7 Å². The van der Waals surface area contributed by atoms with Crippen LogP contribution in [0.5, 0.6) is 0 Å². The highest BCUT2D eigenvalue weighted by molar-refractivity contribution is 5.77. The smallest absolute Gasteiger partial charge is 0.314 e. The second-order valence-corrected chi connectivity index (χ2v) is 14.0. The monoisotopic (exact) mass is 458 g/mol. The van der Waals surface area contributed by atoms with E-state index in [2.05, 4.69) is 34.3 Å². The molecule has 0 spiro atoms. The van der Waals surface area contributed by atoms with Gasteiger partial charge in [-0.3, -0.25) is 4.79 Å². The third-order valence-corrected chi connectivity index (χ3v) is 12.9. The van der Waals surface area contributed by atoms with Gasteiger partial charge < -0.3 is 14.9 Å². The molecule has 1 aliphatic heterocycles. The predicted molar refractivity (Wildman–Crippen MR) is 129 cm³/mol. The molecule has 2 N–H and O–H groups in total. The van der Waals surface area contributed by atoms with Crippen molar-refractivity contribution in [2.24, 2.45) is 56.7 Å². The minimum Gasteiger partial charge on any atom is -0.435 e. The first-order valence-electron chi connectivity index (χ1n) is 13.4. The number of allylic oxidation sites excluding steroid dienone is 1. The number of ether oxygens (including phenoxy) is 1. The van der Waals surface area contributed by atoms with E-state index >= 15 is 0 Å². The number of hydrogen-bond acceptors (Lipinski definition) is 4. The summed E-state index contributed by atoms with van der Waals surface area (Å²) in [6, 6.07) is 0. The molecule has 33 heavy (non-hydrogen) atoms. The Morgan fingerprint density at radius 3 is 2.30 bits per heavy atom. The molecule has 4 nitrogen and oxygen atoms in total. The summed E-state index contributed by atoms with van der Waals surface area (Å²) in [4.78, 5) is 12.7. The summed E-state index contributed by atoms with van der Waals surface area (Å²) in [5, 5.41) is 21.9. The number of carbonyl (C=O) groups excluding carboxylic acids is 1. The van der Waals surface area contributed by atoms with Crippen molar-refractivity contribution in [3.05, 3.63) is 12.2 Å². The number of cyclic esters (lactones) is 1. The maximum absolute atomic E-state index is 12.7. The molecule has 10 atom stereocenters. The lowest BCUT2D eigenvalue weighted by Gasteiger charge is -2.72. The van der Waals surface area contributed by atoms with E-state index < -0.39 is 17.1 Å². The van der Waals surface area contributed by atoms with E-state index in [4.69, 9.17) is 4.74 Å². The van der Waals surface area contributed by atoms with Gasteiger partial charge in [0.15, 0.2) is 0 Å². The molecule has 1 saturated heterocycles. The summed E-state index contributed by atoms with van der Waals surface area (Å²) in [7, 11) is 0. The van der Waals surface area contributed by atoms with E-state index in [1.165, 1.54) is 5.57 Å². The molecule has 186 valence electrons. The van der Waals surface area contributed by atoms with Crippen LogP contribution in [0, 0.1) is 56.7 Å². The van der Waals surface area contributed by atoms with Crippen molar-refractivity contribution in [2.45, 2.75) is 99.2 Å². The Kier molecular flexibility index (Phi) is 5.13. The van der Waals surface area contributed by atoms with Crippen LogP contribution in [0.4, 0.5) is 0 Å². The third-order valence-electron chi connectivity index (χ3n) is 12.9. The minimum absolute atomic E-state index is 0.0555. The number of aliphatic hydroxyl groups is 2. The van der Waals surface area contributed by atoms with Crippen LogP contribution >= 0.6 is 0 Å². The van der Waals surface area contributed by atoms with Gasteiger partial charge in [0.05, 0.1) is 5.41 Å². The summed E-state index contributed by atoms with van der Waals surface area (Å²) < 4.78 is 5.66. The average Bonchev–Trinajstić information content (AvgIpc) is 3.14. The molecule has 5 aliphatic rings. The predicted octanol–water partition coefficient (Wildman–Crippen LogP) is 5.72. The van der Waals surface area contributed by atoms with E-state index in [-0.39, 0.29) is 28.1 Å². The van der Waals surface area contributed by atoms with Crippen molar-refractivity contribution in [1.82, 2.24) is 0 Å². The molecule has 5 fully saturated rings. The standard InChI is InChI=1S/C29H46O4/c1-17(2)18-10-13-29(16-30)15-14-26(5)19(22(18)29)8-9-21-27(26,6)12-11-20-25(3,4)23(31)33-24(32)28(20,21)7/h18-22,24,30,32H,1,8-16H2,2-7H3/t18?,19?,20?,21-,22?,24-,26+,27+,28-,29+/m0/s1. The number of esters is 1. The first-order valence-corrected chi connectivity index (χ1v) is 13.4. The van der Waals surface area contributed by atoms with Gasteiger partial charge in [0, 0.05) is 12.0 Å². The van der Waals surface area contributed by atoms with Gasteiger partial charge in [0.25, 0.3) is 0 Å². The molecular formula is C29H46O4. The minimum atomic E-state index is -1.03. The Bertz CT molecular complexity index is 864. The molecule has 0 aromatic carbocycles. The van der Waals surface area contributed by atoms with Gasteiger partial charge >= 0.3 is 5.97 Å². The summed E-state index contributed by atoms with van der Waals surface area (Å²) in [6.07, 6.45) is 7.77. The summed E-state index contributed by atoms with van der Waals surface area (Å²) >= 11 is 0. The van der Waals surface area contributed by atoms with Crippen LogP contribution in [0.15, 0.2) is 12.2 Å². The lowest BCUT2D eigenvalue weighted by molar-refractivity contribution is -0.308. The molecular weight excluding hydrogens is 412 g/mol. The van der Waals surface area contributed by atoms with Gasteiger partial charge in [0.2, 0.25) is 6.29 Å². The number of aliphatic hydroxyl groups excluding tert-OH is 2. The van der Waals surface area contributed by atoms with Crippen molar-refractivity contribution in [2.75, 3.05) is 6.61 Å². The van der Waals surface area contributed by atoms with E-state index in [0.717, 1.165) is 51.4 Å². The molecule has 0 aromatic rings. The van der Waals surface area contributed by atoms with Crippen molar-refractivity contribution >= 4 is 5.97 Å². The van der Waals surface area contributed by atoms with Crippen LogP contribution in [0.25, 0.3) is 0 Å². The highest BCUT2D eigenvalue weighted by Crippen LogP contribution is 2.77. The Morgan fingerprint density at radius 2 is 1.67 bits per heavy atom. The Hall–Kier alpha value is -0.870. The van der Waals surface area contributed by atoms with Gasteiger partial charge in [-0.05, 0) is 118 Å². The van der Waals surface area contributed by atoms with Crippen molar-refractivity contribution in [3.63, 3.8) is 0 Å². The number of carbonyl (C=O) groups is 1. The lowest BCUT2D eigenvalue weighted by atomic mass is 9.33. The molecule has 4 aliphatic carbocycles. The van der Waals surface area contributed by atoms with Gasteiger partial charge in [0.1, 0.15) is 0 Å². The van der Waals surface area contributed by atoms with Crippen LogP contribution in [-0.2, 0) is 9.53 Å². The second-order valence-electron chi connectivity index (χ2n) is 14.0. The van der Waals surface area contributed by atoms with Crippen LogP contribution in [0.1, 0.15) is 92.9 Å². The number of hydrogen-bond donors (Lipinski definition) is 2. The Morgan fingerprint density at radius 1 is 0.970 bits per heavy atom. The molecule has 4 unspecified atom stereocenters. The first kappa shape index (κ1) is 23.9. The molecule has 1 heterocycles. The first-order chi connectivity index (χ1) is 15.3. The molecule has 0 radical (unpaired) electrons. The zero-order chi connectivity index (χ0) is 24.2. The second kappa shape index (κ2) is 7.09. The fourth-order valence-electron chi connectivity index (χ4n) is 10.9. The van der Waals surface area contributed by atoms with Crippen LogP contribution in [0.2, 0.25) is 0 Å². The number of rotatable bonds is 2. The van der Waals surface area contributed by atoms with Crippen molar-refractivity contribution in [3.8, 4) is 0 Å². The van der Waals surface area contributed by atoms with Gasteiger partial charge in [-0.25, -0.2) is 0 Å². The highest BCUT2D eigenvalue weighted by atomic mass is 16.6. The van der Waals surface area contributed by atoms with E-state index in [9.17, 15) is 15.0 Å². The zero-order valence-electron chi connectivity index (χ0n) is 21.7. The van der Waals surface area contributed by atoms with Crippen LogP contribution in [-0.4, -0.2) is 29.1 Å². The normalized spacial score (nSPS) is 55.0. The quantitative estimate of drug-likeness (QED) is 0.410. The highest BCUT2D eigenvalue weighted by Gasteiger charge is 2.73. The number of fused-ring (bicyclic) bond motifs is 7. The summed E-state index contributed by atoms with van der Waals surface area (Å²) in [5.41, 5.74) is 0.580. The molecule has 0 aromatic heterocycles. The molecule has 5 rings (SSSR count). The largest absolute Gasteiger partial charge is 0.435 e. The van der Waals surface area contributed by atoms with Crippen LogP contribution in [0.3, 0.4) is 0 Å². The molecule has 0 bridgehead atoms. The maximum atomic E-state index is 12.7. The SMILES string of the molecule is C=C(C)C1CC[C@]2(CO)CC[C@]3(C)C(CC[C@@H]4[C@]5(C)C(CC[C@]43C)C(C)(C)C(=O)O[C@@H]5O)C12. The third kappa shape index (κ3) is 2.69. The average molecular weight is 459 g/mol. The molecule has 4 saturated carbocycles.